The van der Waals surface area contributed by atoms with Crippen LogP contribution in [0.25, 0.3) is 0 Å². The molecule has 1 amide bonds. The molecule has 480 valence electrons. The summed E-state index contributed by atoms with van der Waals surface area (Å²) in [6.07, 6.45) is 74.5. The molecule has 0 aromatic rings. The number of allylic oxidation sites excluding steroid dienone is 3. The van der Waals surface area contributed by atoms with E-state index in [0.717, 1.165) is 38.5 Å². The average Bonchev–Trinajstić information content (AvgIpc) is 3.47. The quantitative estimate of drug-likeness (QED) is 0.0261. The summed E-state index contributed by atoms with van der Waals surface area (Å²) in [6, 6.07) is -0.820. The van der Waals surface area contributed by atoms with E-state index in [4.69, 9.17) is 9.47 Å². The summed E-state index contributed by atoms with van der Waals surface area (Å²) in [5.74, 6) is -0.178. The van der Waals surface area contributed by atoms with Crippen molar-refractivity contribution in [2.24, 2.45) is 0 Å². The highest BCUT2D eigenvalue weighted by atomic mass is 16.7. The summed E-state index contributed by atoms with van der Waals surface area (Å²) in [5, 5.41) is 54.8. The van der Waals surface area contributed by atoms with Gasteiger partial charge >= 0.3 is 0 Å². The predicted molar refractivity (Wildman–Crippen MR) is 346 cm³/mol. The normalized spacial score (nSPS) is 18.4. The highest BCUT2D eigenvalue weighted by Gasteiger charge is 2.44. The lowest BCUT2D eigenvalue weighted by atomic mass is 9.99. The second-order valence-corrected chi connectivity index (χ2v) is 25.4. The Morgan fingerprint density at radius 2 is 0.704 bits per heavy atom. The summed E-state index contributed by atoms with van der Waals surface area (Å²) in [4.78, 5) is 13.1. The molecule has 0 spiro atoms. The lowest BCUT2D eigenvalue weighted by molar-refractivity contribution is -0.302. The van der Waals surface area contributed by atoms with Crippen LogP contribution < -0.4 is 5.32 Å². The van der Waals surface area contributed by atoms with Crippen LogP contribution in [0.15, 0.2) is 24.3 Å². The van der Waals surface area contributed by atoms with E-state index >= 15 is 0 Å². The van der Waals surface area contributed by atoms with Crippen LogP contribution in [0.1, 0.15) is 373 Å². The number of carbonyl (C=O) groups excluding carboxylic acids is 1. The van der Waals surface area contributed by atoms with E-state index in [9.17, 15) is 30.3 Å². The summed E-state index contributed by atoms with van der Waals surface area (Å²) >= 11 is 0. The fourth-order valence-electron chi connectivity index (χ4n) is 11.9. The highest BCUT2D eigenvalue weighted by molar-refractivity contribution is 5.76. The molecule has 1 fully saturated rings. The Kier molecular flexibility index (Phi) is 59.2. The zero-order valence-electron chi connectivity index (χ0n) is 53.8. The molecule has 7 unspecified atom stereocenters. The van der Waals surface area contributed by atoms with Crippen LogP contribution in [0, 0.1) is 0 Å². The van der Waals surface area contributed by atoms with E-state index in [-0.39, 0.29) is 12.5 Å². The SMILES string of the molecule is CCCCCCCCCCCCCCCCCCCCCCCCCCC/C=C/CC/C=C/C(O)C(COC1OC(CO)C(O)C(O)C1O)NC(=O)CCCCCCCCCCCCCCCCCCCCCCCCCCCCC. The Bertz CT molecular complexity index is 1330. The van der Waals surface area contributed by atoms with Crippen molar-refractivity contribution in [3.63, 3.8) is 0 Å². The Morgan fingerprint density at radius 3 is 1.04 bits per heavy atom. The van der Waals surface area contributed by atoms with Crippen LogP contribution in [-0.4, -0.2) is 87.5 Å². The zero-order chi connectivity index (χ0) is 58.6. The molecule has 0 aliphatic carbocycles. The van der Waals surface area contributed by atoms with E-state index < -0.39 is 49.5 Å². The van der Waals surface area contributed by atoms with Gasteiger partial charge in [-0.05, 0) is 32.1 Å². The van der Waals surface area contributed by atoms with Gasteiger partial charge in [-0.25, -0.2) is 0 Å². The minimum atomic E-state index is -1.57. The predicted octanol–water partition coefficient (Wildman–Crippen LogP) is 19.6. The van der Waals surface area contributed by atoms with E-state index in [1.807, 2.05) is 6.08 Å². The molecule has 0 bridgehead atoms. The lowest BCUT2D eigenvalue weighted by Gasteiger charge is -2.40. The van der Waals surface area contributed by atoms with Gasteiger partial charge in [-0.1, -0.05) is 359 Å². The molecule has 7 atom stereocenters. The molecule has 9 nitrogen and oxygen atoms in total. The van der Waals surface area contributed by atoms with Gasteiger partial charge in [0.25, 0.3) is 0 Å². The number of amides is 1. The first-order valence-electron chi connectivity index (χ1n) is 36.1. The summed E-state index contributed by atoms with van der Waals surface area (Å²) in [6.45, 7) is 3.83. The van der Waals surface area contributed by atoms with Gasteiger partial charge in [-0.15, -0.1) is 0 Å². The van der Waals surface area contributed by atoms with Crippen molar-refractivity contribution in [2.75, 3.05) is 13.2 Å². The molecule has 0 saturated carbocycles. The number of ether oxygens (including phenoxy) is 2. The molecule has 1 saturated heterocycles. The third-order valence-electron chi connectivity index (χ3n) is 17.5. The molecule has 9 heteroatoms. The van der Waals surface area contributed by atoms with Crippen LogP contribution in [0.2, 0.25) is 0 Å². The first-order chi connectivity index (χ1) is 39.8. The first kappa shape index (κ1) is 77.7. The van der Waals surface area contributed by atoms with Crippen LogP contribution in [0.4, 0.5) is 0 Å². The molecule has 0 aromatic carbocycles. The van der Waals surface area contributed by atoms with E-state index in [1.165, 1.54) is 315 Å². The molecule has 0 radical (unpaired) electrons. The van der Waals surface area contributed by atoms with Crippen molar-refractivity contribution in [3.05, 3.63) is 24.3 Å². The standard InChI is InChI=1S/C72H139NO8/c1-3-5-7-9-11-13-15-17-19-21-23-25-27-29-31-32-33-34-36-37-39-41-43-45-47-49-51-53-55-57-59-61-66(75)65(64-80-72-71(79)70(78)69(77)67(63-74)81-72)73-68(76)62-60-58-56-54-52-50-48-46-44-42-40-38-35-30-28-26-24-22-20-18-16-14-12-10-8-6-4-2/h51,53,59,61,65-67,69-72,74-75,77-79H,3-50,52,54-58,60,62-64H2,1-2H3,(H,73,76)/b53-51+,61-59+. The van der Waals surface area contributed by atoms with Gasteiger partial charge in [0.1, 0.15) is 24.4 Å². The van der Waals surface area contributed by atoms with E-state index in [0.29, 0.717) is 6.42 Å². The van der Waals surface area contributed by atoms with Gasteiger partial charge < -0.3 is 40.3 Å². The smallest absolute Gasteiger partial charge is 0.220 e. The van der Waals surface area contributed by atoms with Crippen LogP contribution in [-0.2, 0) is 14.3 Å². The summed E-state index contributed by atoms with van der Waals surface area (Å²) in [7, 11) is 0. The Balaban J connectivity index is 2.13. The average molecular weight is 1150 g/mol. The van der Waals surface area contributed by atoms with E-state index in [1.54, 1.807) is 6.08 Å². The maximum atomic E-state index is 13.1. The number of unbranched alkanes of at least 4 members (excludes halogenated alkanes) is 52. The van der Waals surface area contributed by atoms with Crippen molar-refractivity contribution >= 4 is 5.91 Å². The van der Waals surface area contributed by atoms with Gasteiger partial charge in [0, 0.05) is 6.42 Å². The van der Waals surface area contributed by atoms with Gasteiger partial charge in [0.2, 0.25) is 5.91 Å². The third kappa shape index (κ3) is 50.5. The monoisotopic (exact) mass is 1150 g/mol. The maximum Gasteiger partial charge on any atom is 0.220 e. The largest absolute Gasteiger partial charge is 0.394 e. The molecule has 81 heavy (non-hydrogen) atoms. The minimum Gasteiger partial charge on any atom is -0.394 e. The number of carbonyl (C=O) groups is 1. The number of hydrogen-bond acceptors (Lipinski definition) is 8. The second-order valence-electron chi connectivity index (χ2n) is 25.4. The van der Waals surface area contributed by atoms with Crippen LogP contribution in [0.3, 0.4) is 0 Å². The second kappa shape index (κ2) is 61.7. The molecule has 1 aliphatic heterocycles. The lowest BCUT2D eigenvalue weighted by Crippen LogP contribution is -2.60. The highest BCUT2D eigenvalue weighted by Crippen LogP contribution is 2.24. The number of aliphatic hydroxyl groups excluding tert-OH is 5. The fraction of sp³-hybridized carbons (Fsp3) is 0.931. The first-order valence-corrected chi connectivity index (χ1v) is 36.1. The van der Waals surface area contributed by atoms with Gasteiger partial charge in [0.15, 0.2) is 6.29 Å². The zero-order valence-corrected chi connectivity index (χ0v) is 53.8. The fourth-order valence-corrected chi connectivity index (χ4v) is 11.9. The molecule has 1 aliphatic rings. The summed E-state index contributed by atoms with van der Waals surface area (Å²) < 4.78 is 11.3. The number of hydrogen-bond donors (Lipinski definition) is 6. The third-order valence-corrected chi connectivity index (χ3v) is 17.5. The van der Waals surface area contributed by atoms with Gasteiger partial charge in [-0.3, -0.25) is 4.79 Å². The Morgan fingerprint density at radius 1 is 0.407 bits per heavy atom. The van der Waals surface area contributed by atoms with Crippen molar-refractivity contribution in [1.82, 2.24) is 5.32 Å². The van der Waals surface area contributed by atoms with E-state index in [2.05, 4.69) is 31.3 Å². The van der Waals surface area contributed by atoms with Gasteiger partial charge in [-0.2, -0.15) is 0 Å². The minimum absolute atomic E-state index is 0.178. The Labute approximate surface area is 502 Å². The molecule has 1 heterocycles. The molecule has 6 N–H and O–H groups in total. The van der Waals surface area contributed by atoms with Crippen molar-refractivity contribution in [1.29, 1.82) is 0 Å². The van der Waals surface area contributed by atoms with Crippen molar-refractivity contribution in [3.8, 4) is 0 Å². The maximum absolute atomic E-state index is 13.1. The van der Waals surface area contributed by atoms with Crippen molar-refractivity contribution < 1.29 is 39.8 Å². The van der Waals surface area contributed by atoms with Gasteiger partial charge in [0.05, 0.1) is 25.4 Å². The topological polar surface area (TPSA) is 149 Å². The molecule has 0 aromatic heterocycles. The van der Waals surface area contributed by atoms with Crippen LogP contribution >= 0.6 is 0 Å². The molecular weight excluding hydrogens is 1010 g/mol. The Hall–Kier alpha value is -1.33. The van der Waals surface area contributed by atoms with Crippen molar-refractivity contribution in [2.45, 2.75) is 416 Å². The number of rotatable bonds is 64. The molecular formula is C72H139NO8. The number of aliphatic hydroxyl groups is 5. The number of nitrogens with one attached hydrogen (secondary N) is 1. The molecule has 1 rings (SSSR count). The van der Waals surface area contributed by atoms with Crippen LogP contribution in [0.5, 0.6) is 0 Å². The summed E-state index contributed by atoms with van der Waals surface area (Å²) in [5.41, 5.74) is 0.